The standard InChI is InChI=1S/C20H25N5O5/c1-12-18(13(2)23(4)22-12)21-19(26)14(3)30-20(27)15-7-8-16(17(11-15)25(28)29)24-9-5-6-10-24/h7-8,11,14H,5-6,9-10H2,1-4H3,(H,21,26). The van der Waals surface area contributed by atoms with Gasteiger partial charge in [0, 0.05) is 26.2 Å². The Balaban J connectivity index is 1.72. The molecule has 1 saturated heterocycles. The number of hydrogen-bond donors (Lipinski definition) is 1. The number of esters is 1. The van der Waals surface area contributed by atoms with Crippen LogP contribution < -0.4 is 10.2 Å². The van der Waals surface area contributed by atoms with Crippen molar-refractivity contribution < 1.29 is 19.2 Å². The molecule has 0 spiro atoms. The van der Waals surface area contributed by atoms with Gasteiger partial charge in [-0.3, -0.25) is 19.6 Å². The molecule has 0 radical (unpaired) electrons. The Morgan fingerprint density at radius 1 is 1.27 bits per heavy atom. The number of amides is 1. The third-order valence-corrected chi connectivity index (χ3v) is 5.26. The monoisotopic (exact) mass is 415 g/mol. The van der Waals surface area contributed by atoms with Gasteiger partial charge in [-0.05, 0) is 45.7 Å². The van der Waals surface area contributed by atoms with E-state index < -0.39 is 22.9 Å². The molecule has 30 heavy (non-hydrogen) atoms. The van der Waals surface area contributed by atoms with E-state index in [1.807, 2.05) is 11.8 Å². The Bertz CT molecular complexity index is 994. The van der Waals surface area contributed by atoms with Gasteiger partial charge in [-0.25, -0.2) is 4.79 Å². The highest BCUT2D eigenvalue weighted by molar-refractivity contribution is 5.98. The summed E-state index contributed by atoms with van der Waals surface area (Å²) in [5.74, 6) is -1.31. The van der Waals surface area contributed by atoms with E-state index in [-0.39, 0.29) is 11.3 Å². The second-order valence-electron chi connectivity index (χ2n) is 7.36. The molecule has 1 atom stereocenters. The number of benzene rings is 1. The summed E-state index contributed by atoms with van der Waals surface area (Å²) in [5.41, 5.74) is 2.35. The normalized spacial score (nSPS) is 14.5. The van der Waals surface area contributed by atoms with Gasteiger partial charge >= 0.3 is 5.97 Å². The molecule has 1 unspecified atom stereocenters. The lowest BCUT2D eigenvalue weighted by atomic mass is 10.1. The first kappa shape index (κ1) is 21.3. The van der Waals surface area contributed by atoms with Crippen molar-refractivity contribution in [2.45, 2.75) is 39.7 Å². The van der Waals surface area contributed by atoms with E-state index in [1.165, 1.54) is 19.1 Å². The number of rotatable bonds is 6. The summed E-state index contributed by atoms with van der Waals surface area (Å²) in [6.45, 7) is 6.51. The summed E-state index contributed by atoms with van der Waals surface area (Å²) in [7, 11) is 1.76. The molecule has 1 N–H and O–H groups in total. The molecule has 2 aromatic rings. The van der Waals surface area contributed by atoms with Crippen LogP contribution in [0.3, 0.4) is 0 Å². The Morgan fingerprint density at radius 3 is 2.50 bits per heavy atom. The lowest BCUT2D eigenvalue weighted by Crippen LogP contribution is -2.30. The lowest BCUT2D eigenvalue weighted by molar-refractivity contribution is -0.384. The Labute approximate surface area is 174 Å². The molecule has 160 valence electrons. The number of nitro groups is 1. The maximum absolute atomic E-state index is 12.5. The van der Waals surface area contributed by atoms with Gasteiger partial charge in [-0.1, -0.05) is 0 Å². The maximum atomic E-state index is 12.5. The van der Waals surface area contributed by atoms with Gasteiger partial charge in [-0.2, -0.15) is 5.10 Å². The van der Waals surface area contributed by atoms with Crippen molar-refractivity contribution in [3.63, 3.8) is 0 Å². The number of nitrogens with zero attached hydrogens (tertiary/aromatic N) is 4. The number of aromatic nitrogens is 2. The first-order valence-electron chi connectivity index (χ1n) is 9.74. The number of ether oxygens (including phenoxy) is 1. The van der Waals surface area contributed by atoms with Crippen molar-refractivity contribution >= 4 is 28.9 Å². The Hall–Kier alpha value is -3.43. The molecule has 10 heteroatoms. The van der Waals surface area contributed by atoms with E-state index in [0.717, 1.165) is 31.6 Å². The summed E-state index contributed by atoms with van der Waals surface area (Å²) in [4.78, 5) is 37.9. The van der Waals surface area contributed by atoms with Gasteiger partial charge in [0.1, 0.15) is 5.69 Å². The number of aryl methyl sites for hydroxylation is 2. The number of nitro benzene ring substituents is 1. The minimum Gasteiger partial charge on any atom is -0.449 e. The molecule has 0 aliphatic carbocycles. The number of carbonyl (C=O) groups is 2. The maximum Gasteiger partial charge on any atom is 0.339 e. The van der Waals surface area contributed by atoms with Crippen molar-refractivity contribution in [2.24, 2.45) is 7.05 Å². The van der Waals surface area contributed by atoms with E-state index in [0.29, 0.717) is 17.1 Å². The van der Waals surface area contributed by atoms with Crippen LogP contribution in [0.5, 0.6) is 0 Å². The van der Waals surface area contributed by atoms with Crippen LogP contribution in [0.25, 0.3) is 0 Å². The molecule has 2 heterocycles. The van der Waals surface area contributed by atoms with E-state index in [2.05, 4.69) is 10.4 Å². The predicted molar refractivity (Wildman–Crippen MR) is 111 cm³/mol. The van der Waals surface area contributed by atoms with E-state index in [1.54, 1.807) is 24.7 Å². The molecule has 1 aliphatic rings. The molecule has 1 fully saturated rings. The number of anilines is 2. The molecule has 1 aliphatic heterocycles. The minimum absolute atomic E-state index is 0.0260. The van der Waals surface area contributed by atoms with Crippen molar-refractivity contribution in [2.75, 3.05) is 23.3 Å². The van der Waals surface area contributed by atoms with Gasteiger partial charge < -0.3 is 15.0 Å². The zero-order valence-corrected chi connectivity index (χ0v) is 17.5. The fourth-order valence-corrected chi connectivity index (χ4v) is 3.48. The SMILES string of the molecule is Cc1nn(C)c(C)c1NC(=O)C(C)OC(=O)c1ccc(N2CCCC2)c([N+](=O)[O-])c1. The average molecular weight is 415 g/mol. The van der Waals surface area contributed by atoms with Gasteiger partial charge in [0.15, 0.2) is 6.10 Å². The van der Waals surface area contributed by atoms with Crippen LogP contribution in [0, 0.1) is 24.0 Å². The summed E-state index contributed by atoms with van der Waals surface area (Å²) in [6, 6.07) is 4.26. The Morgan fingerprint density at radius 2 is 1.93 bits per heavy atom. The summed E-state index contributed by atoms with van der Waals surface area (Å²) >= 11 is 0. The number of carbonyl (C=O) groups excluding carboxylic acids is 2. The fraction of sp³-hybridized carbons (Fsp3) is 0.450. The van der Waals surface area contributed by atoms with Crippen LogP contribution in [0.2, 0.25) is 0 Å². The zero-order valence-electron chi connectivity index (χ0n) is 17.5. The highest BCUT2D eigenvalue weighted by Gasteiger charge is 2.26. The molecule has 3 rings (SSSR count). The second kappa shape index (κ2) is 8.52. The third kappa shape index (κ3) is 4.27. The van der Waals surface area contributed by atoms with Crippen LogP contribution in [0.15, 0.2) is 18.2 Å². The summed E-state index contributed by atoms with van der Waals surface area (Å²) in [5, 5.41) is 18.4. The molecule has 1 amide bonds. The van der Waals surface area contributed by atoms with E-state index in [4.69, 9.17) is 4.74 Å². The highest BCUT2D eigenvalue weighted by Crippen LogP contribution is 2.32. The minimum atomic E-state index is -1.09. The smallest absolute Gasteiger partial charge is 0.339 e. The fourth-order valence-electron chi connectivity index (χ4n) is 3.48. The van der Waals surface area contributed by atoms with Crippen molar-refractivity contribution in [1.82, 2.24) is 9.78 Å². The largest absolute Gasteiger partial charge is 0.449 e. The quantitative estimate of drug-likeness (QED) is 0.437. The molecule has 1 aromatic carbocycles. The molecule has 0 bridgehead atoms. The van der Waals surface area contributed by atoms with Crippen LogP contribution in [-0.2, 0) is 16.6 Å². The van der Waals surface area contributed by atoms with Gasteiger partial charge in [0.2, 0.25) is 0 Å². The van der Waals surface area contributed by atoms with Crippen LogP contribution in [-0.4, -0.2) is 45.8 Å². The summed E-state index contributed by atoms with van der Waals surface area (Å²) < 4.78 is 6.88. The lowest BCUT2D eigenvalue weighted by Gasteiger charge is -2.18. The van der Waals surface area contributed by atoms with Gasteiger partial charge in [0.05, 0.1) is 27.6 Å². The van der Waals surface area contributed by atoms with E-state index >= 15 is 0 Å². The topological polar surface area (TPSA) is 120 Å². The van der Waals surface area contributed by atoms with Crippen molar-refractivity contribution in [3.05, 3.63) is 45.3 Å². The molecule has 1 aromatic heterocycles. The van der Waals surface area contributed by atoms with Crippen molar-refractivity contribution in [3.8, 4) is 0 Å². The third-order valence-electron chi connectivity index (χ3n) is 5.26. The number of nitrogens with one attached hydrogen (secondary N) is 1. The van der Waals surface area contributed by atoms with Crippen LogP contribution >= 0.6 is 0 Å². The second-order valence-corrected chi connectivity index (χ2v) is 7.36. The first-order chi connectivity index (χ1) is 14.2. The van der Waals surface area contributed by atoms with Gasteiger partial charge in [0.25, 0.3) is 11.6 Å². The van der Waals surface area contributed by atoms with Gasteiger partial charge in [-0.15, -0.1) is 0 Å². The average Bonchev–Trinajstić information content (AvgIpc) is 3.32. The zero-order chi connectivity index (χ0) is 22.0. The number of hydrogen-bond acceptors (Lipinski definition) is 7. The van der Waals surface area contributed by atoms with Crippen LogP contribution in [0.1, 0.15) is 41.5 Å². The molecule has 10 nitrogen and oxygen atoms in total. The van der Waals surface area contributed by atoms with Crippen LogP contribution in [0.4, 0.5) is 17.1 Å². The van der Waals surface area contributed by atoms with Crippen molar-refractivity contribution in [1.29, 1.82) is 0 Å². The first-order valence-corrected chi connectivity index (χ1v) is 9.74. The highest BCUT2D eigenvalue weighted by atomic mass is 16.6. The predicted octanol–water partition coefficient (Wildman–Crippen LogP) is 2.73. The molecular weight excluding hydrogens is 390 g/mol. The van der Waals surface area contributed by atoms with E-state index in [9.17, 15) is 19.7 Å². The summed E-state index contributed by atoms with van der Waals surface area (Å²) in [6.07, 6.45) is 0.862. The molecular formula is C20H25N5O5. The Kier molecular flexibility index (Phi) is 6.04. The molecule has 0 saturated carbocycles.